The van der Waals surface area contributed by atoms with E-state index in [-0.39, 0.29) is 46.0 Å². The monoisotopic (exact) mass is 534 g/mol. The van der Waals surface area contributed by atoms with Crippen molar-refractivity contribution < 1.29 is 24.1 Å². The minimum absolute atomic E-state index is 0.00505. The maximum atomic E-state index is 12.0. The SMILES string of the molecule is CC(C)NC1(O)C(C#N)=CC=CC1C#N.COc1cc(C#N)c(NC(C)C)c(C#N)c1OC(=O)OC(C)(C)C. The van der Waals surface area contributed by atoms with Crippen LogP contribution in [0.15, 0.2) is 29.9 Å². The van der Waals surface area contributed by atoms with Crippen LogP contribution in [0.2, 0.25) is 0 Å². The Morgan fingerprint density at radius 3 is 2.15 bits per heavy atom. The van der Waals surface area contributed by atoms with E-state index in [1.807, 2.05) is 52.0 Å². The Hall–Kier alpha value is -4.55. The molecule has 0 aliphatic heterocycles. The fourth-order valence-corrected chi connectivity index (χ4v) is 3.44. The average molecular weight is 535 g/mol. The standard InChI is InChI=1S/C17H21N3O4.C11H13N3O/c1-10(2)20-14-11(8-18)7-13(22-6)15(12(14)9-19)23-16(21)24-17(3,4)5;1-8(2)14-11(15)9(6-12)4-3-5-10(11)7-13/h7,10,20H,1-6H3;3-5,8-9,14-15H,1-2H3. The molecule has 11 heteroatoms. The average Bonchev–Trinajstić information content (AvgIpc) is 2.82. The van der Waals surface area contributed by atoms with Crippen molar-refractivity contribution in [2.24, 2.45) is 5.92 Å². The van der Waals surface area contributed by atoms with Crippen LogP contribution >= 0.6 is 0 Å². The van der Waals surface area contributed by atoms with E-state index in [9.17, 15) is 20.4 Å². The molecule has 0 saturated heterocycles. The molecule has 0 bridgehead atoms. The Bertz CT molecular complexity index is 1280. The number of carbonyl (C=O) groups is 1. The van der Waals surface area contributed by atoms with Gasteiger partial charge in [-0.1, -0.05) is 12.2 Å². The van der Waals surface area contributed by atoms with Gasteiger partial charge in [0.1, 0.15) is 29.2 Å². The predicted octanol–water partition coefficient (Wildman–Crippen LogP) is 4.41. The second-order valence-corrected chi connectivity index (χ2v) is 10.0. The summed E-state index contributed by atoms with van der Waals surface area (Å²) in [6.07, 6.45) is 3.75. The molecule has 0 heterocycles. The number of nitriles is 4. The van der Waals surface area contributed by atoms with E-state index < -0.39 is 23.4 Å². The second kappa shape index (κ2) is 13.8. The molecule has 206 valence electrons. The van der Waals surface area contributed by atoms with Crippen molar-refractivity contribution in [2.45, 2.75) is 71.9 Å². The first-order chi connectivity index (χ1) is 18.2. The van der Waals surface area contributed by atoms with Crippen LogP contribution in [0.4, 0.5) is 10.5 Å². The molecule has 2 atom stereocenters. The molecule has 0 aromatic heterocycles. The second-order valence-electron chi connectivity index (χ2n) is 10.0. The molecule has 1 aromatic rings. The fraction of sp³-hybridized carbons (Fsp3) is 0.464. The molecule has 0 spiro atoms. The van der Waals surface area contributed by atoms with Crippen molar-refractivity contribution in [3.63, 3.8) is 0 Å². The van der Waals surface area contributed by atoms with Gasteiger partial charge in [-0.2, -0.15) is 21.0 Å². The minimum Gasteiger partial charge on any atom is -0.493 e. The molecule has 1 aliphatic rings. The number of carbonyl (C=O) groups excluding carboxylic acids is 1. The summed E-state index contributed by atoms with van der Waals surface area (Å²) in [6, 6.07) is 9.20. The number of nitrogens with zero attached hydrogens (tertiary/aromatic N) is 4. The van der Waals surface area contributed by atoms with E-state index in [1.54, 1.807) is 32.9 Å². The van der Waals surface area contributed by atoms with E-state index in [1.165, 1.54) is 19.3 Å². The number of allylic oxidation sites excluding steroid dienone is 2. The lowest BCUT2D eigenvalue weighted by molar-refractivity contribution is 0.0151. The number of methoxy groups -OCH3 is 1. The van der Waals surface area contributed by atoms with E-state index in [4.69, 9.17) is 24.7 Å². The third kappa shape index (κ3) is 8.76. The van der Waals surface area contributed by atoms with Gasteiger partial charge in [-0.05, 0) is 54.5 Å². The largest absolute Gasteiger partial charge is 0.514 e. The van der Waals surface area contributed by atoms with E-state index in [0.29, 0.717) is 0 Å². The first-order valence-corrected chi connectivity index (χ1v) is 12.1. The van der Waals surface area contributed by atoms with E-state index >= 15 is 0 Å². The summed E-state index contributed by atoms with van der Waals surface area (Å²) in [4.78, 5) is 12.0. The third-order valence-electron chi connectivity index (χ3n) is 4.90. The Kier molecular flexibility index (Phi) is 11.5. The molecular weight excluding hydrogens is 500 g/mol. The van der Waals surface area contributed by atoms with E-state index in [0.717, 1.165) is 0 Å². The highest BCUT2D eigenvalue weighted by Gasteiger charge is 2.41. The van der Waals surface area contributed by atoms with Crippen molar-refractivity contribution in [3.8, 4) is 35.8 Å². The van der Waals surface area contributed by atoms with Gasteiger partial charge >= 0.3 is 6.16 Å². The summed E-state index contributed by atoms with van der Waals surface area (Å²) in [7, 11) is 1.36. The zero-order chi connectivity index (χ0) is 30.0. The lowest BCUT2D eigenvalue weighted by Crippen LogP contribution is -2.55. The van der Waals surface area contributed by atoms with Crippen molar-refractivity contribution >= 4 is 11.8 Å². The number of rotatable bonds is 6. The topological polar surface area (TPSA) is 184 Å². The third-order valence-corrected chi connectivity index (χ3v) is 4.90. The minimum atomic E-state index is -1.56. The van der Waals surface area contributed by atoms with Crippen LogP contribution in [0.1, 0.15) is 59.6 Å². The van der Waals surface area contributed by atoms with Gasteiger partial charge < -0.3 is 24.6 Å². The zero-order valence-corrected chi connectivity index (χ0v) is 23.4. The van der Waals surface area contributed by atoms with Gasteiger partial charge in [0.15, 0.2) is 17.2 Å². The van der Waals surface area contributed by atoms with Crippen LogP contribution in [0.25, 0.3) is 0 Å². The number of ether oxygens (including phenoxy) is 3. The van der Waals surface area contributed by atoms with Gasteiger partial charge in [0.25, 0.3) is 0 Å². The molecule has 0 fully saturated rings. The highest BCUT2D eigenvalue weighted by Crippen LogP contribution is 2.39. The van der Waals surface area contributed by atoms with Crippen molar-refractivity contribution in [2.75, 3.05) is 12.4 Å². The number of nitrogens with one attached hydrogen (secondary N) is 2. The Labute approximate surface area is 229 Å². The summed E-state index contributed by atoms with van der Waals surface area (Å²) < 4.78 is 15.5. The Morgan fingerprint density at radius 1 is 1.08 bits per heavy atom. The van der Waals surface area contributed by atoms with Gasteiger partial charge in [0.05, 0.1) is 36.1 Å². The molecule has 1 aliphatic carbocycles. The summed E-state index contributed by atoms with van der Waals surface area (Å²) in [5.74, 6) is -0.723. The summed E-state index contributed by atoms with van der Waals surface area (Å²) in [5.41, 5.74) is -1.63. The van der Waals surface area contributed by atoms with Crippen LogP contribution in [0, 0.1) is 51.2 Å². The van der Waals surface area contributed by atoms with Crippen LogP contribution in [-0.2, 0) is 4.74 Å². The van der Waals surface area contributed by atoms with Crippen LogP contribution in [0.3, 0.4) is 0 Å². The summed E-state index contributed by atoms with van der Waals surface area (Å²) in [5, 5.41) is 52.8. The maximum Gasteiger partial charge on any atom is 0.514 e. The van der Waals surface area contributed by atoms with Gasteiger partial charge in [-0.15, -0.1) is 0 Å². The van der Waals surface area contributed by atoms with Gasteiger partial charge in [-0.25, -0.2) is 4.79 Å². The van der Waals surface area contributed by atoms with Crippen LogP contribution in [-0.4, -0.2) is 41.8 Å². The maximum absolute atomic E-state index is 12.0. The van der Waals surface area contributed by atoms with Crippen molar-refractivity contribution in [1.82, 2.24) is 5.32 Å². The fourth-order valence-electron chi connectivity index (χ4n) is 3.44. The van der Waals surface area contributed by atoms with E-state index in [2.05, 4.69) is 10.6 Å². The van der Waals surface area contributed by atoms with Crippen molar-refractivity contribution in [1.29, 1.82) is 21.0 Å². The first-order valence-electron chi connectivity index (χ1n) is 12.1. The lowest BCUT2D eigenvalue weighted by atomic mass is 9.85. The molecule has 1 aromatic carbocycles. The molecular formula is C28H34N6O5. The molecule has 2 unspecified atom stereocenters. The number of benzene rings is 1. The molecule has 39 heavy (non-hydrogen) atoms. The molecule has 2 rings (SSSR count). The molecule has 3 N–H and O–H groups in total. The summed E-state index contributed by atoms with van der Waals surface area (Å²) >= 11 is 0. The Balaban J connectivity index is 0.000000434. The zero-order valence-electron chi connectivity index (χ0n) is 23.4. The number of aliphatic hydroxyl groups is 1. The van der Waals surface area contributed by atoms with Gasteiger partial charge in [-0.3, -0.25) is 5.32 Å². The molecule has 0 radical (unpaired) electrons. The predicted molar refractivity (Wildman–Crippen MR) is 143 cm³/mol. The lowest BCUT2D eigenvalue weighted by Gasteiger charge is -2.34. The Morgan fingerprint density at radius 2 is 1.72 bits per heavy atom. The first kappa shape index (κ1) is 32.5. The van der Waals surface area contributed by atoms with Crippen LogP contribution in [0.5, 0.6) is 11.5 Å². The normalized spacial score (nSPS) is 17.8. The smallest absolute Gasteiger partial charge is 0.493 e. The van der Waals surface area contributed by atoms with Crippen molar-refractivity contribution in [3.05, 3.63) is 41.0 Å². The highest BCUT2D eigenvalue weighted by atomic mass is 16.7. The molecule has 0 saturated carbocycles. The van der Waals surface area contributed by atoms with Crippen LogP contribution < -0.4 is 20.1 Å². The molecule has 11 nitrogen and oxygen atoms in total. The quantitative estimate of drug-likeness (QED) is 0.267. The van der Waals surface area contributed by atoms with Gasteiger partial charge in [0.2, 0.25) is 0 Å². The summed E-state index contributed by atoms with van der Waals surface area (Å²) in [6.45, 7) is 12.5. The van der Waals surface area contributed by atoms with Gasteiger partial charge in [0, 0.05) is 18.2 Å². The molecule has 0 amide bonds. The number of hydrogen-bond acceptors (Lipinski definition) is 11. The number of anilines is 1. The number of hydrogen-bond donors (Lipinski definition) is 3. The highest BCUT2D eigenvalue weighted by molar-refractivity contribution is 5.78.